The molecule has 1 unspecified atom stereocenters. The van der Waals surface area contributed by atoms with Gasteiger partial charge in [0.15, 0.2) is 0 Å². The highest BCUT2D eigenvalue weighted by atomic mass is 32.1. The summed E-state index contributed by atoms with van der Waals surface area (Å²) in [7, 11) is 3.32. The second-order valence-corrected chi connectivity index (χ2v) is 8.90. The normalized spacial score (nSPS) is 14.8. The summed E-state index contributed by atoms with van der Waals surface area (Å²) in [5, 5.41) is 4.00. The zero-order valence-electron chi connectivity index (χ0n) is 18.8. The van der Waals surface area contributed by atoms with Crippen LogP contribution in [0.3, 0.4) is 0 Å². The van der Waals surface area contributed by atoms with Crippen molar-refractivity contribution in [1.82, 2.24) is 15.2 Å². The Bertz CT molecular complexity index is 1040. The molecule has 4 rings (SSSR count). The zero-order valence-corrected chi connectivity index (χ0v) is 19.6. The fourth-order valence-corrected chi connectivity index (χ4v) is 5.06. The molecule has 1 fully saturated rings. The minimum absolute atomic E-state index is 0.0718. The number of carbonyl (C=O) groups is 1. The summed E-state index contributed by atoms with van der Waals surface area (Å²) in [6, 6.07) is 16.0. The monoisotopic (exact) mass is 451 g/mol. The topological polar surface area (TPSA) is 63.7 Å². The van der Waals surface area contributed by atoms with E-state index in [0.717, 1.165) is 40.9 Å². The highest BCUT2D eigenvalue weighted by Crippen LogP contribution is 2.30. The molecule has 1 saturated heterocycles. The van der Waals surface area contributed by atoms with Crippen molar-refractivity contribution in [2.45, 2.75) is 25.8 Å². The number of methoxy groups -OCH3 is 2. The van der Waals surface area contributed by atoms with Gasteiger partial charge in [0.25, 0.3) is 5.91 Å². The average molecular weight is 452 g/mol. The van der Waals surface area contributed by atoms with E-state index in [1.54, 1.807) is 14.2 Å². The summed E-state index contributed by atoms with van der Waals surface area (Å²) in [6.07, 6.45) is 2.39. The van der Waals surface area contributed by atoms with Gasteiger partial charge in [0.2, 0.25) is 0 Å². The van der Waals surface area contributed by atoms with E-state index in [-0.39, 0.29) is 11.9 Å². The summed E-state index contributed by atoms with van der Waals surface area (Å²) in [4.78, 5) is 20.8. The van der Waals surface area contributed by atoms with Gasteiger partial charge in [-0.1, -0.05) is 12.1 Å². The largest absolute Gasteiger partial charge is 0.497 e. The Morgan fingerprint density at radius 1 is 1.03 bits per heavy atom. The van der Waals surface area contributed by atoms with E-state index < -0.39 is 0 Å². The van der Waals surface area contributed by atoms with Crippen LogP contribution < -0.4 is 14.8 Å². The molecule has 0 aliphatic carbocycles. The lowest BCUT2D eigenvalue weighted by Gasteiger charge is -2.28. The van der Waals surface area contributed by atoms with Crippen molar-refractivity contribution < 1.29 is 14.3 Å². The van der Waals surface area contributed by atoms with E-state index in [4.69, 9.17) is 9.47 Å². The van der Waals surface area contributed by atoms with Crippen molar-refractivity contribution in [3.8, 4) is 22.1 Å². The second kappa shape index (κ2) is 10.1. The number of aryl methyl sites for hydroxylation is 1. The van der Waals surface area contributed by atoms with Crippen molar-refractivity contribution in [2.24, 2.45) is 0 Å². The van der Waals surface area contributed by atoms with Gasteiger partial charge < -0.3 is 14.8 Å². The predicted molar refractivity (Wildman–Crippen MR) is 128 cm³/mol. The molecule has 2 heterocycles. The fourth-order valence-electron chi connectivity index (χ4n) is 4.07. The molecule has 3 aromatic rings. The molecule has 168 valence electrons. The van der Waals surface area contributed by atoms with Crippen LogP contribution in [0.15, 0.2) is 48.5 Å². The molecule has 6 nitrogen and oxygen atoms in total. The van der Waals surface area contributed by atoms with Gasteiger partial charge in [0.05, 0.1) is 26.0 Å². The maximum atomic E-state index is 13.1. The van der Waals surface area contributed by atoms with Crippen molar-refractivity contribution in [2.75, 3.05) is 33.9 Å². The van der Waals surface area contributed by atoms with E-state index >= 15 is 0 Å². The standard InChI is InChI=1S/C25H29N3O3S/c1-17-23(32-25(27-17)19-8-12-21(31-3)13-9-19)24(29)26-16-22(28-14-4-5-15-28)18-6-10-20(30-2)11-7-18/h6-13,22H,4-5,14-16H2,1-3H3,(H,26,29). The van der Waals surface area contributed by atoms with Gasteiger partial charge >= 0.3 is 0 Å². The van der Waals surface area contributed by atoms with Gasteiger partial charge in [0, 0.05) is 12.1 Å². The number of amides is 1. The first-order chi connectivity index (χ1) is 15.6. The summed E-state index contributed by atoms with van der Waals surface area (Å²) in [5.41, 5.74) is 2.92. The Morgan fingerprint density at radius 2 is 1.62 bits per heavy atom. The van der Waals surface area contributed by atoms with Gasteiger partial charge in [-0.15, -0.1) is 11.3 Å². The lowest BCUT2D eigenvalue weighted by atomic mass is 10.1. The van der Waals surface area contributed by atoms with Crippen LogP contribution in [-0.4, -0.2) is 49.6 Å². The number of nitrogens with one attached hydrogen (secondary N) is 1. The highest BCUT2D eigenvalue weighted by molar-refractivity contribution is 7.17. The number of thiazole rings is 1. The van der Waals surface area contributed by atoms with Gasteiger partial charge in [-0.2, -0.15) is 0 Å². The Balaban J connectivity index is 1.48. The molecule has 1 atom stereocenters. The number of carbonyl (C=O) groups excluding carboxylic acids is 1. The van der Waals surface area contributed by atoms with E-state index in [2.05, 4.69) is 27.3 Å². The minimum atomic E-state index is -0.0718. The van der Waals surface area contributed by atoms with Gasteiger partial charge in [-0.3, -0.25) is 9.69 Å². The highest BCUT2D eigenvalue weighted by Gasteiger charge is 2.25. The average Bonchev–Trinajstić information content (AvgIpc) is 3.50. The van der Waals surface area contributed by atoms with Crippen molar-refractivity contribution in [3.63, 3.8) is 0 Å². The van der Waals surface area contributed by atoms with Crippen LogP contribution in [0, 0.1) is 6.92 Å². The molecule has 1 aromatic heterocycles. The van der Waals surface area contributed by atoms with Crippen molar-refractivity contribution >= 4 is 17.2 Å². The number of likely N-dealkylation sites (tertiary alicyclic amines) is 1. The molecular weight excluding hydrogens is 422 g/mol. The van der Waals surface area contributed by atoms with Crippen LogP contribution in [0.5, 0.6) is 11.5 Å². The van der Waals surface area contributed by atoms with Crippen LogP contribution in [0.4, 0.5) is 0 Å². The molecule has 0 spiro atoms. The third kappa shape index (κ3) is 4.95. The first kappa shape index (κ1) is 22.3. The van der Waals surface area contributed by atoms with Crippen LogP contribution >= 0.6 is 11.3 Å². The smallest absolute Gasteiger partial charge is 0.263 e. The molecule has 1 N–H and O–H groups in total. The summed E-state index contributed by atoms with van der Waals surface area (Å²) in [6.45, 7) is 4.54. The van der Waals surface area contributed by atoms with Gasteiger partial charge in [0.1, 0.15) is 21.4 Å². The molecule has 1 amide bonds. The lowest BCUT2D eigenvalue weighted by molar-refractivity contribution is 0.0941. The third-order valence-electron chi connectivity index (χ3n) is 5.88. The molecule has 0 radical (unpaired) electrons. The first-order valence-electron chi connectivity index (χ1n) is 10.9. The Labute approximate surface area is 193 Å². The number of ether oxygens (including phenoxy) is 2. The maximum Gasteiger partial charge on any atom is 0.263 e. The Hall–Kier alpha value is -2.90. The zero-order chi connectivity index (χ0) is 22.5. The molecule has 32 heavy (non-hydrogen) atoms. The lowest BCUT2D eigenvalue weighted by Crippen LogP contribution is -2.36. The van der Waals surface area contributed by atoms with Crippen LogP contribution in [0.2, 0.25) is 0 Å². The van der Waals surface area contributed by atoms with Gasteiger partial charge in [-0.05, 0) is 74.8 Å². The Morgan fingerprint density at radius 3 is 2.22 bits per heavy atom. The molecule has 7 heteroatoms. The number of hydrogen-bond donors (Lipinski definition) is 1. The molecular formula is C25H29N3O3S. The van der Waals surface area contributed by atoms with E-state index in [0.29, 0.717) is 11.4 Å². The molecule has 1 aliphatic heterocycles. The van der Waals surface area contributed by atoms with Crippen LogP contribution in [-0.2, 0) is 0 Å². The number of rotatable bonds is 8. The predicted octanol–water partition coefficient (Wildman–Crippen LogP) is 4.70. The van der Waals surface area contributed by atoms with Crippen LogP contribution in [0.25, 0.3) is 10.6 Å². The Kier molecular flexibility index (Phi) is 7.07. The van der Waals surface area contributed by atoms with Crippen LogP contribution in [0.1, 0.15) is 39.8 Å². The number of nitrogens with zero attached hydrogens (tertiary/aromatic N) is 2. The quantitative estimate of drug-likeness (QED) is 0.538. The molecule has 0 saturated carbocycles. The first-order valence-corrected chi connectivity index (χ1v) is 11.7. The molecule has 2 aromatic carbocycles. The fraction of sp³-hybridized carbons (Fsp3) is 0.360. The molecule has 1 aliphatic rings. The molecule has 0 bridgehead atoms. The van der Waals surface area contributed by atoms with Crippen molar-refractivity contribution in [1.29, 1.82) is 0 Å². The number of hydrogen-bond acceptors (Lipinski definition) is 6. The number of aromatic nitrogens is 1. The maximum absolute atomic E-state index is 13.1. The van der Waals surface area contributed by atoms with E-state index in [9.17, 15) is 4.79 Å². The summed E-state index contributed by atoms with van der Waals surface area (Å²) < 4.78 is 10.5. The van der Waals surface area contributed by atoms with Crippen molar-refractivity contribution in [3.05, 3.63) is 64.7 Å². The van der Waals surface area contributed by atoms with Gasteiger partial charge in [-0.25, -0.2) is 4.98 Å². The minimum Gasteiger partial charge on any atom is -0.497 e. The summed E-state index contributed by atoms with van der Waals surface area (Å²) in [5.74, 6) is 1.56. The van der Waals surface area contributed by atoms with E-state index in [1.165, 1.54) is 29.7 Å². The van der Waals surface area contributed by atoms with E-state index in [1.807, 2.05) is 43.3 Å². The third-order valence-corrected chi connectivity index (χ3v) is 7.08. The second-order valence-electron chi connectivity index (χ2n) is 7.90. The summed E-state index contributed by atoms with van der Waals surface area (Å²) >= 11 is 1.42. The SMILES string of the molecule is COc1ccc(-c2nc(C)c(C(=O)NCC(c3ccc(OC)cc3)N3CCCC3)s2)cc1. The number of benzene rings is 2.